The first-order chi connectivity index (χ1) is 7.48. The average molecular weight is 324 g/mol. The Morgan fingerprint density at radius 2 is 1.94 bits per heavy atom. The van der Waals surface area contributed by atoms with Crippen molar-refractivity contribution < 1.29 is 8.42 Å². The molecule has 1 saturated heterocycles. The third-order valence-electron chi connectivity index (χ3n) is 2.87. The number of halogens is 2. The zero-order chi connectivity index (χ0) is 11.8. The molecular formula is C11H12BrClO2S. The summed E-state index contributed by atoms with van der Waals surface area (Å²) in [6.45, 7) is 0. The molecule has 1 fully saturated rings. The van der Waals surface area contributed by atoms with E-state index in [-0.39, 0.29) is 22.8 Å². The van der Waals surface area contributed by atoms with Crippen molar-refractivity contribution in [3.05, 3.63) is 34.3 Å². The minimum absolute atomic E-state index is 0.0489. The van der Waals surface area contributed by atoms with Gasteiger partial charge in [-0.15, -0.1) is 11.6 Å². The molecule has 0 N–H and O–H groups in total. The van der Waals surface area contributed by atoms with Gasteiger partial charge in [0.1, 0.15) is 0 Å². The SMILES string of the molecule is O=S1(=O)CCC(C(Cl)c2ccc(Br)cc2)C1. The molecule has 5 heteroatoms. The first kappa shape index (κ1) is 12.4. The molecule has 88 valence electrons. The van der Waals surface area contributed by atoms with Gasteiger partial charge in [0, 0.05) is 4.47 Å². The zero-order valence-corrected chi connectivity index (χ0v) is 11.7. The maximum absolute atomic E-state index is 11.4. The second-order valence-electron chi connectivity index (χ2n) is 4.12. The molecule has 1 aliphatic heterocycles. The highest BCUT2D eigenvalue weighted by Crippen LogP contribution is 2.36. The van der Waals surface area contributed by atoms with Gasteiger partial charge < -0.3 is 0 Å². The van der Waals surface area contributed by atoms with E-state index in [1.54, 1.807) is 0 Å². The van der Waals surface area contributed by atoms with E-state index in [4.69, 9.17) is 11.6 Å². The van der Waals surface area contributed by atoms with Gasteiger partial charge in [-0.3, -0.25) is 0 Å². The molecule has 1 aliphatic rings. The quantitative estimate of drug-likeness (QED) is 0.784. The number of sulfone groups is 1. The lowest BCUT2D eigenvalue weighted by Gasteiger charge is -2.15. The van der Waals surface area contributed by atoms with Crippen LogP contribution in [0.1, 0.15) is 17.4 Å². The van der Waals surface area contributed by atoms with E-state index in [9.17, 15) is 8.42 Å². The van der Waals surface area contributed by atoms with Crippen molar-refractivity contribution in [2.45, 2.75) is 11.8 Å². The first-order valence-electron chi connectivity index (χ1n) is 5.08. The molecule has 2 atom stereocenters. The number of hydrogen-bond donors (Lipinski definition) is 0. The molecule has 2 rings (SSSR count). The standard InChI is InChI=1S/C11H12BrClO2S/c12-10-3-1-8(2-4-10)11(13)9-5-6-16(14,15)7-9/h1-4,9,11H,5-7H2. The Kier molecular flexibility index (Phi) is 3.62. The number of hydrogen-bond acceptors (Lipinski definition) is 2. The first-order valence-corrected chi connectivity index (χ1v) is 8.13. The van der Waals surface area contributed by atoms with E-state index < -0.39 is 9.84 Å². The zero-order valence-electron chi connectivity index (χ0n) is 8.57. The third kappa shape index (κ3) is 2.79. The molecule has 1 aromatic carbocycles. The fourth-order valence-electron chi connectivity index (χ4n) is 1.97. The molecule has 1 aromatic rings. The Morgan fingerprint density at radius 3 is 2.44 bits per heavy atom. The number of benzene rings is 1. The van der Waals surface area contributed by atoms with Crippen molar-refractivity contribution >= 4 is 37.4 Å². The van der Waals surface area contributed by atoms with Gasteiger partial charge in [0.05, 0.1) is 16.9 Å². The van der Waals surface area contributed by atoms with E-state index in [0.717, 1.165) is 10.0 Å². The van der Waals surface area contributed by atoms with E-state index in [1.807, 2.05) is 24.3 Å². The summed E-state index contributed by atoms with van der Waals surface area (Å²) in [6, 6.07) is 7.72. The van der Waals surface area contributed by atoms with Crippen molar-refractivity contribution in [2.75, 3.05) is 11.5 Å². The van der Waals surface area contributed by atoms with Gasteiger partial charge in [-0.2, -0.15) is 0 Å². The van der Waals surface area contributed by atoms with Crippen LogP contribution >= 0.6 is 27.5 Å². The molecule has 16 heavy (non-hydrogen) atoms. The average Bonchev–Trinajstić information content (AvgIpc) is 2.59. The van der Waals surface area contributed by atoms with Crippen LogP contribution in [0.2, 0.25) is 0 Å². The highest BCUT2D eigenvalue weighted by atomic mass is 79.9. The molecule has 2 nitrogen and oxygen atoms in total. The summed E-state index contributed by atoms with van der Waals surface area (Å²) in [5, 5.41) is -0.203. The van der Waals surface area contributed by atoms with Gasteiger partial charge in [0.2, 0.25) is 0 Å². The summed E-state index contributed by atoms with van der Waals surface area (Å²) in [6.07, 6.45) is 0.673. The topological polar surface area (TPSA) is 34.1 Å². The lowest BCUT2D eigenvalue weighted by atomic mass is 9.98. The molecule has 0 amide bonds. The van der Waals surface area contributed by atoms with Crippen molar-refractivity contribution in [2.24, 2.45) is 5.92 Å². The maximum atomic E-state index is 11.4. The van der Waals surface area contributed by atoms with Crippen LogP contribution in [0.25, 0.3) is 0 Å². The van der Waals surface area contributed by atoms with Crippen LogP contribution in [0.15, 0.2) is 28.7 Å². The smallest absolute Gasteiger partial charge is 0.150 e. The Bertz CT molecular complexity index is 469. The minimum Gasteiger partial charge on any atom is -0.229 e. The molecule has 0 aliphatic carbocycles. The van der Waals surface area contributed by atoms with E-state index in [0.29, 0.717) is 6.42 Å². The van der Waals surface area contributed by atoms with Gasteiger partial charge >= 0.3 is 0 Å². The van der Waals surface area contributed by atoms with Crippen LogP contribution in [-0.4, -0.2) is 19.9 Å². The van der Waals surface area contributed by atoms with E-state index >= 15 is 0 Å². The lowest BCUT2D eigenvalue weighted by molar-refractivity contribution is 0.569. The van der Waals surface area contributed by atoms with Crippen molar-refractivity contribution in [3.8, 4) is 0 Å². The largest absolute Gasteiger partial charge is 0.229 e. The van der Waals surface area contributed by atoms with Gasteiger partial charge in [-0.1, -0.05) is 28.1 Å². The Hall–Kier alpha value is -0.0600. The Balaban J connectivity index is 2.14. The van der Waals surface area contributed by atoms with E-state index in [1.165, 1.54) is 0 Å². The van der Waals surface area contributed by atoms with Crippen LogP contribution < -0.4 is 0 Å². The summed E-state index contributed by atoms with van der Waals surface area (Å²) >= 11 is 9.67. The lowest BCUT2D eigenvalue weighted by Crippen LogP contribution is -2.10. The number of rotatable bonds is 2. The molecule has 0 radical (unpaired) electrons. The normalized spacial score (nSPS) is 25.5. The van der Waals surface area contributed by atoms with Crippen LogP contribution in [0, 0.1) is 5.92 Å². The van der Waals surface area contributed by atoms with Gasteiger partial charge in [-0.25, -0.2) is 8.42 Å². The van der Waals surface area contributed by atoms with Gasteiger partial charge in [0.25, 0.3) is 0 Å². The van der Waals surface area contributed by atoms with Crippen LogP contribution in [-0.2, 0) is 9.84 Å². The van der Waals surface area contributed by atoms with Crippen LogP contribution in [0.4, 0.5) is 0 Å². The molecule has 0 aromatic heterocycles. The highest BCUT2D eigenvalue weighted by Gasteiger charge is 2.33. The second kappa shape index (κ2) is 4.67. The van der Waals surface area contributed by atoms with Crippen molar-refractivity contribution in [1.82, 2.24) is 0 Å². The maximum Gasteiger partial charge on any atom is 0.150 e. The molecule has 0 saturated carbocycles. The monoisotopic (exact) mass is 322 g/mol. The van der Waals surface area contributed by atoms with Gasteiger partial charge in [-0.05, 0) is 30.0 Å². The summed E-state index contributed by atoms with van der Waals surface area (Å²) in [5.41, 5.74) is 0.993. The molecule has 2 unspecified atom stereocenters. The summed E-state index contributed by atoms with van der Waals surface area (Å²) in [5.74, 6) is 0.544. The van der Waals surface area contributed by atoms with Crippen molar-refractivity contribution in [3.63, 3.8) is 0 Å². The Morgan fingerprint density at radius 1 is 1.31 bits per heavy atom. The summed E-state index contributed by atoms with van der Waals surface area (Å²) in [7, 11) is -2.85. The second-order valence-corrected chi connectivity index (χ2v) is 7.73. The number of alkyl halides is 1. The minimum atomic E-state index is -2.85. The van der Waals surface area contributed by atoms with Crippen LogP contribution in [0.5, 0.6) is 0 Å². The molecule has 0 spiro atoms. The molecule has 1 heterocycles. The molecule has 0 bridgehead atoms. The predicted molar refractivity (Wildman–Crippen MR) is 69.5 cm³/mol. The fraction of sp³-hybridized carbons (Fsp3) is 0.455. The fourth-order valence-corrected chi connectivity index (χ4v) is 4.54. The van der Waals surface area contributed by atoms with Crippen LogP contribution in [0.3, 0.4) is 0 Å². The van der Waals surface area contributed by atoms with Crippen molar-refractivity contribution in [1.29, 1.82) is 0 Å². The highest BCUT2D eigenvalue weighted by molar-refractivity contribution is 9.10. The Labute approximate surface area is 109 Å². The predicted octanol–water partition coefficient (Wildman–Crippen LogP) is 3.16. The summed E-state index contributed by atoms with van der Waals surface area (Å²) < 4.78 is 23.7. The van der Waals surface area contributed by atoms with Gasteiger partial charge in [0.15, 0.2) is 9.84 Å². The molecular weight excluding hydrogens is 312 g/mol. The van der Waals surface area contributed by atoms with E-state index in [2.05, 4.69) is 15.9 Å². The third-order valence-corrected chi connectivity index (χ3v) is 5.80. The summed E-state index contributed by atoms with van der Waals surface area (Å²) in [4.78, 5) is 0.